The topological polar surface area (TPSA) is 34.9 Å². The minimum atomic E-state index is 0.0752. The number of hydrogen-bond acceptors (Lipinski definition) is 2. The van der Waals surface area contributed by atoms with Gasteiger partial charge in [0.2, 0.25) is 0 Å². The van der Waals surface area contributed by atoms with Gasteiger partial charge in [-0.25, -0.2) is 4.98 Å². The molecule has 3 nitrogen and oxygen atoms in total. The zero-order valence-corrected chi connectivity index (χ0v) is 10.2. The average Bonchev–Trinajstić information content (AvgIpc) is 2.24. The maximum atomic E-state index is 12.3. The summed E-state index contributed by atoms with van der Waals surface area (Å²) in [4.78, 5) is 16.8. The van der Waals surface area contributed by atoms with Gasteiger partial charge < -0.3 is 0 Å². The Morgan fingerprint density at radius 2 is 1.81 bits per heavy atom. The Morgan fingerprint density at radius 3 is 2.44 bits per heavy atom. The lowest BCUT2D eigenvalue weighted by atomic mass is 10.1. The molecular formula is C13H16N2O. The molecule has 0 saturated heterocycles. The number of aromatic nitrogens is 2. The van der Waals surface area contributed by atoms with E-state index >= 15 is 0 Å². The molecule has 0 atom stereocenters. The zero-order chi connectivity index (χ0) is 11.9. The van der Waals surface area contributed by atoms with Crippen LogP contribution in [0, 0.1) is 20.8 Å². The fourth-order valence-electron chi connectivity index (χ4n) is 2.09. The minimum Gasteiger partial charge on any atom is -0.297 e. The molecule has 84 valence electrons. The Labute approximate surface area is 94.7 Å². The van der Waals surface area contributed by atoms with Crippen LogP contribution in [0.1, 0.15) is 23.9 Å². The molecule has 0 aliphatic rings. The zero-order valence-electron chi connectivity index (χ0n) is 10.2. The van der Waals surface area contributed by atoms with Crippen LogP contribution in [-0.2, 0) is 6.54 Å². The van der Waals surface area contributed by atoms with Gasteiger partial charge in [0.15, 0.2) is 0 Å². The summed E-state index contributed by atoms with van der Waals surface area (Å²) in [6.45, 7) is 8.46. The molecule has 2 aromatic rings. The van der Waals surface area contributed by atoms with Gasteiger partial charge in [0.25, 0.3) is 5.56 Å². The molecule has 16 heavy (non-hydrogen) atoms. The molecule has 0 bridgehead atoms. The second-order valence-electron chi connectivity index (χ2n) is 4.13. The lowest BCUT2D eigenvalue weighted by Crippen LogP contribution is -2.23. The number of aryl methyl sites for hydroxylation is 3. The molecule has 3 heteroatoms. The molecule has 1 aromatic heterocycles. The summed E-state index contributed by atoms with van der Waals surface area (Å²) >= 11 is 0. The third kappa shape index (κ3) is 1.43. The van der Waals surface area contributed by atoms with E-state index in [0.29, 0.717) is 6.54 Å². The standard InChI is InChI=1S/C13H16N2O/c1-5-15-10(4)14-12-9(3)7-6-8(2)11(12)13(15)16/h6-7H,5H2,1-4H3. The van der Waals surface area contributed by atoms with Crippen molar-refractivity contribution in [2.75, 3.05) is 0 Å². The monoisotopic (exact) mass is 216 g/mol. The Morgan fingerprint density at radius 1 is 1.19 bits per heavy atom. The summed E-state index contributed by atoms with van der Waals surface area (Å²) < 4.78 is 1.72. The molecule has 0 unspecified atom stereocenters. The van der Waals surface area contributed by atoms with Gasteiger partial charge >= 0.3 is 0 Å². The second-order valence-corrected chi connectivity index (χ2v) is 4.13. The Bertz CT molecular complexity index is 611. The van der Waals surface area contributed by atoms with E-state index in [1.54, 1.807) is 4.57 Å². The average molecular weight is 216 g/mol. The van der Waals surface area contributed by atoms with E-state index in [0.717, 1.165) is 27.9 Å². The fraction of sp³-hybridized carbons (Fsp3) is 0.385. The highest BCUT2D eigenvalue weighted by Crippen LogP contribution is 2.17. The largest absolute Gasteiger partial charge is 0.297 e. The first-order valence-corrected chi connectivity index (χ1v) is 5.53. The van der Waals surface area contributed by atoms with Crippen molar-refractivity contribution in [1.29, 1.82) is 0 Å². The van der Waals surface area contributed by atoms with E-state index in [9.17, 15) is 4.79 Å². The third-order valence-electron chi connectivity index (χ3n) is 3.03. The van der Waals surface area contributed by atoms with Crippen molar-refractivity contribution < 1.29 is 0 Å². The van der Waals surface area contributed by atoms with Crippen LogP contribution in [0.15, 0.2) is 16.9 Å². The molecular weight excluding hydrogens is 200 g/mol. The highest BCUT2D eigenvalue weighted by atomic mass is 16.1. The van der Waals surface area contributed by atoms with Gasteiger partial charge in [0, 0.05) is 6.54 Å². The number of nitrogens with zero attached hydrogens (tertiary/aromatic N) is 2. The predicted octanol–water partition coefficient (Wildman–Crippen LogP) is 2.34. The molecule has 0 saturated carbocycles. The second kappa shape index (κ2) is 3.74. The molecule has 0 spiro atoms. The van der Waals surface area contributed by atoms with E-state index in [2.05, 4.69) is 4.98 Å². The molecule has 2 rings (SSSR count). The van der Waals surface area contributed by atoms with Gasteiger partial charge in [-0.1, -0.05) is 12.1 Å². The molecule has 0 amide bonds. The number of rotatable bonds is 1. The van der Waals surface area contributed by atoms with Crippen LogP contribution >= 0.6 is 0 Å². The van der Waals surface area contributed by atoms with E-state index in [4.69, 9.17) is 0 Å². The van der Waals surface area contributed by atoms with Crippen LogP contribution in [0.2, 0.25) is 0 Å². The summed E-state index contributed by atoms with van der Waals surface area (Å²) in [6.07, 6.45) is 0. The fourth-order valence-corrected chi connectivity index (χ4v) is 2.09. The van der Waals surface area contributed by atoms with Gasteiger partial charge in [-0.3, -0.25) is 9.36 Å². The number of hydrogen-bond donors (Lipinski definition) is 0. The summed E-state index contributed by atoms with van der Waals surface area (Å²) in [6, 6.07) is 4.00. The molecule has 0 N–H and O–H groups in total. The van der Waals surface area contributed by atoms with Crippen molar-refractivity contribution in [3.63, 3.8) is 0 Å². The lowest BCUT2D eigenvalue weighted by molar-refractivity contribution is 0.685. The first-order valence-electron chi connectivity index (χ1n) is 5.53. The Hall–Kier alpha value is -1.64. The van der Waals surface area contributed by atoms with Crippen molar-refractivity contribution in [3.8, 4) is 0 Å². The summed E-state index contributed by atoms with van der Waals surface area (Å²) in [7, 11) is 0. The highest BCUT2D eigenvalue weighted by Gasteiger charge is 2.10. The van der Waals surface area contributed by atoms with Gasteiger partial charge in [0.05, 0.1) is 10.9 Å². The summed E-state index contributed by atoms with van der Waals surface area (Å²) in [5, 5.41) is 0.757. The Balaban J connectivity index is 3.05. The van der Waals surface area contributed by atoms with E-state index in [1.807, 2.05) is 39.8 Å². The molecule has 0 aliphatic carbocycles. The van der Waals surface area contributed by atoms with Gasteiger partial charge in [-0.2, -0.15) is 0 Å². The predicted molar refractivity (Wildman–Crippen MR) is 65.9 cm³/mol. The molecule has 1 aromatic carbocycles. The maximum Gasteiger partial charge on any atom is 0.261 e. The minimum absolute atomic E-state index is 0.0752. The van der Waals surface area contributed by atoms with E-state index < -0.39 is 0 Å². The summed E-state index contributed by atoms with van der Waals surface area (Å²) in [5.74, 6) is 0.786. The van der Waals surface area contributed by atoms with Gasteiger partial charge in [0.1, 0.15) is 5.82 Å². The van der Waals surface area contributed by atoms with Gasteiger partial charge in [-0.15, -0.1) is 0 Å². The summed E-state index contributed by atoms with van der Waals surface area (Å²) in [5.41, 5.74) is 2.97. The van der Waals surface area contributed by atoms with Crippen LogP contribution in [-0.4, -0.2) is 9.55 Å². The van der Waals surface area contributed by atoms with Crippen LogP contribution in [0.5, 0.6) is 0 Å². The van der Waals surface area contributed by atoms with E-state index in [1.165, 1.54) is 0 Å². The highest BCUT2D eigenvalue weighted by molar-refractivity contribution is 5.84. The maximum absolute atomic E-state index is 12.3. The SMILES string of the molecule is CCn1c(C)nc2c(C)ccc(C)c2c1=O. The van der Waals surface area contributed by atoms with Crippen molar-refractivity contribution >= 4 is 10.9 Å². The van der Waals surface area contributed by atoms with Crippen LogP contribution in [0.4, 0.5) is 0 Å². The van der Waals surface area contributed by atoms with Crippen LogP contribution in [0.25, 0.3) is 10.9 Å². The van der Waals surface area contributed by atoms with Crippen molar-refractivity contribution in [3.05, 3.63) is 39.4 Å². The van der Waals surface area contributed by atoms with E-state index in [-0.39, 0.29) is 5.56 Å². The first kappa shape index (κ1) is 10.9. The quantitative estimate of drug-likeness (QED) is 0.733. The Kier molecular flexibility index (Phi) is 2.54. The molecule has 0 fully saturated rings. The molecule has 0 radical (unpaired) electrons. The first-order chi connectivity index (χ1) is 7.56. The third-order valence-corrected chi connectivity index (χ3v) is 3.03. The van der Waals surface area contributed by atoms with Crippen LogP contribution < -0.4 is 5.56 Å². The van der Waals surface area contributed by atoms with Crippen molar-refractivity contribution in [2.45, 2.75) is 34.2 Å². The van der Waals surface area contributed by atoms with Gasteiger partial charge in [-0.05, 0) is 38.8 Å². The normalized spacial score (nSPS) is 11.0. The van der Waals surface area contributed by atoms with Crippen LogP contribution in [0.3, 0.4) is 0 Å². The molecule has 0 aliphatic heterocycles. The van der Waals surface area contributed by atoms with Crippen molar-refractivity contribution in [2.24, 2.45) is 0 Å². The molecule has 1 heterocycles. The number of benzene rings is 1. The smallest absolute Gasteiger partial charge is 0.261 e. The number of fused-ring (bicyclic) bond motifs is 1. The van der Waals surface area contributed by atoms with Crippen molar-refractivity contribution in [1.82, 2.24) is 9.55 Å². The lowest BCUT2D eigenvalue weighted by Gasteiger charge is -2.10.